The van der Waals surface area contributed by atoms with Crippen LogP contribution in [-0.2, 0) is 19.1 Å². The van der Waals surface area contributed by atoms with Crippen molar-refractivity contribution in [3.63, 3.8) is 0 Å². The fourth-order valence-corrected chi connectivity index (χ4v) is 3.27. The first kappa shape index (κ1) is 19.6. The average Bonchev–Trinajstić information content (AvgIpc) is 3.00. The van der Waals surface area contributed by atoms with E-state index in [1.165, 1.54) is 7.11 Å². The van der Waals surface area contributed by atoms with Crippen molar-refractivity contribution in [1.29, 1.82) is 0 Å². The van der Waals surface area contributed by atoms with Gasteiger partial charge in [-0.15, -0.1) is 0 Å². The van der Waals surface area contributed by atoms with Gasteiger partial charge in [0.25, 0.3) is 0 Å². The lowest BCUT2D eigenvalue weighted by atomic mass is 10.1. The second-order valence-electron chi connectivity index (χ2n) is 5.75. The van der Waals surface area contributed by atoms with E-state index >= 15 is 0 Å². The maximum atomic E-state index is 12.5. The number of thioether (sulfide) groups is 1. The van der Waals surface area contributed by atoms with Gasteiger partial charge in [-0.1, -0.05) is 11.6 Å². The van der Waals surface area contributed by atoms with Gasteiger partial charge in [0.2, 0.25) is 11.8 Å². The van der Waals surface area contributed by atoms with Crippen molar-refractivity contribution >= 4 is 46.8 Å². The SMILES string of the molecule is COC(=O)[C@@H](CCSC)NC(=O)[C@@H]1CC(=O)N(c2ccc(Cl)cc2)C1. The lowest BCUT2D eigenvalue weighted by Crippen LogP contribution is -2.45. The summed E-state index contributed by atoms with van der Waals surface area (Å²) >= 11 is 7.45. The first-order valence-electron chi connectivity index (χ1n) is 7.89. The van der Waals surface area contributed by atoms with Gasteiger partial charge in [0, 0.05) is 23.7 Å². The lowest BCUT2D eigenvalue weighted by Gasteiger charge is -2.19. The summed E-state index contributed by atoms with van der Waals surface area (Å²) in [6.07, 6.45) is 2.53. The number of nitrogens with one attached hydrogen (secondary N) is 1. The number of carbonyl (C=O) groups excluding carboxylic acids is 3. The predicted octanol–water partition coefficient (Wildman–Crippen LogP) is 2.10. The van der Waals surface area contributed by atoms with Gasteiger partial charge < -0.3 is 15.0 Å². The molecule has 0 radical (unpaired) electrons. The molecule has 2 atom stereocenters. The quantitative estimate of drug-likeness (QED) is 0.728. The summed E-state index contributed by atoms with van der Waals surface area (Å²) in [6, 6.07) is 6.21. The maximum Gasteiger partial charge on any atom is 0.328 e. The van der Waals surface area contributed by atoms with Gasteiger partial charge in [-0.3, -0.25) is 9.59 Å². The van der Waals surface area contributed by atoms with Crippen molar-refractivity contribution < 1.29 is 19.1 Å². The Bertz CT molecular complexity index is 638. The zero-order chi connectivity index (χ0) is 18.4. The molecular formula is C17H21ClN2O4S. The molecule has 6 nitrogen and oxygen atoms in total. The van der Waals surface area contributed by atoms with E-state index in [1.54, 1.807) is 40.9 Å². The summed E-state index contributed by atoms with van der Waals surface area (Å²) in [5.41, 5.74) is 0.705. The van der Waals surface area contributed by atoms with Crippen LogP contribution in [0.2, 0.25) is 5.02 Å². The Labute approximate surface area is 156 Å². The molecule has 1 heterocycles. The van der Waals surface area contributed by atoms with Gasteiger partial charge in [-0.05, 0) is 42.7 Å². The van der Waals surface area contributed by atoms with Gasteiger partial charge in [-0.2, -0.15) is 11.8 Å². The van der Waals surface area contributed by atoms with E-state index in [-0.39, 0.29) is 24.8 Å². The van der Waals surface area contributed by atoms with Crippen LogP contribution in [0.25, 0.3) is 0 Å². The molecule has 0 bridgehead atoms. The number of amides is 2. The Kier molecular flexibility index (Phi) is 7.13. The molecule has 1 aliphatic rings. The van der Waals surface area contributed by atoms with Crippen LogP contribution in [-0.4, -0.2) is 49.5 Å². The minimum Gasteiger partial charge on any atom is -0.467 e. The summed E-state index contributed by atoms with van der Waals surface area (Å²) in [7, 11) is 1.29. The van der Waals surface area contributed by atoms with E-state index in [4.69, 9.17) is 16.3 Å². The average molecular weight is 385 g/mol. The molecule has 0 aromatic heterocycles. The van der Waals surface area contributed by atoms with Crippen LogP contribution in [0.5, 0.6) is 0 Å². The number of anilines is 1. The van der Waals surface area contributed by atoms with Gasteiger partial charge in [0.1, 0.15) is 6.04 Å². The molecule has 8 heteroatoms. The largest absolute Gasteiger partial charge is 0.467 e. The normalized spacial score (nSPS) is 18.1. The molecule has 2 rings (SSSR count). The number of hydrogen-bond acceptors (Lipinski definition) is 5. The molecule has 0 unspecified atom stereocenters. The monoisotopic (exact) mass is 384 g/mol. The van der Waals surface area contributed by atoms with Crippen molar-refractivity contribution in [3.8, 4) is 0 Å². The van der Waals surface area contributed by atoms with Crippen LogP contribution in [0, 0.1) is 5.92 Å². The van der Waals surface area contributed by atoms with Crippen LogP contribution in [0.4, 0.5) is 5.69 Å². The second kappa shape index (κ2) is 9.10. The molecule has 25 heavy (non-hydrogen) atoms. The molecule has 1 fully saturated rings. The van der Waals surface area contributed by atoms with E-state index in [0.29, 0.717) is 17.1 Å². The predicted molar refractivity (Wildman–Crippen MR) is 98.9 cm³/mol. The summed E-state index contributed by atoms with van der Waals surface area (Å²) < 4.78 is 4.74. The highest BCUT2D eigenvalue weighted by Crippen LogP contribution is 2.26. The molecule has 1 aromatic carbocycles. The third-order valence-electron chi connectivity index (χ3n) is 4.05. The number of rotatable bonds is 7. The number of methoxy groups -OCH3 is 1. The Morgan fingerprint density at radius 3 is 2.68 bits per heavy atom. The van der Waals surface area contributed by atoms with Gasteiger partial charge >= 0.3 is 5.97 Å². The minimum atomic E-state index is -0.690. The highest BCUT2D eigenvalue weighted by atomic mass is 35.5. The molecular weight excluding hydrogens is 364 g/mol. The topological polar surface area (TPSA) is 75.7 Å². The van der Waals surface area contributed by atoms with E-state index in [0.717, 1.165) is 5.75 Å². The number of benzene rings is 1. The third kappa shape index (κ3) is 5.12. The fourth-order valence-electron chi connectivity index (χ4n) is 2.67. The Balaban J connectivity index is 2.01. The molecule has 1 N–H and O–H groups in total. The number of carbonyl (C=O) groups is 3. The smallest absolute Gasteiger partial charge is 0.328 e. The molecule has 2 amide bonds. The zero-order valence-corrected chi connectivity index (χ0v) is 15.7. The summed E-state index contributed by atoms with van der Waals surface area (Å²) in [5, 5.41) is 3.30. The van der Waals surface area contributed by atoms with E-state index in [1.807, 2.05) is 6.26 Å². The zero-order valence-electron chi connectivity index (χ0n) is 14.2. The first-order valence-corrected chi connectivity index (χ1v) is 9.66. The summed E-state index contributed by atoms with van der Waals surface area (Å²) in [5.74, 6) is -0.672. The Hall–Kier alpha value is -1.73. The number of ether oxygens (including phenoxy) is 1. The molecule has 136 valence electrons. The van der Waals surface area contributed by atoms with Crippen LogP contribution in [0.15, 0.2) is 24.3 Å². The highest BCUT2D eigenvalue weighted by molar-refractivity contribution is 7.98. The molecule has 0 spiro atoms. The maximum absolute atomic E-state index is 12.5. The van der Waals surface area contributed by atoms with Crippen LogP contribution < -0.4 is 10.2 Å². The third-order valence-corrected chi connectivity index (χ3v) is 4.94. The van der Waals surface area contributed by atoms with Crippen LogP contribution >= 0.6 is 23.4 Å². The van der Waals surface area contributed by atoms with Gasteiger partial charge in [0.15, 0.2) is 0 Å². The molecule has 1 aromatic rings. The number of esters is 1. The van der Waals surface area contributed by atoms with Crippen LogP contribution in [0.1, 0.15) is 12.8 Å². The Morgan fingerprint density at radius 1 is 1.40 bits per heavy atom. The first-order chi connectivity index (χ1) is 12.0. The molecule has 1 saturated heterocycles. The van der Waals surface area contributed by atoms with E-state index < -0.39 is 17.9 Å². The summed E-state index contributed by atoms with van der Waals surface area (Å²) in [4.78, 5) is 38.1. The van der Waals surface area contributed by atoms with Gasteiger partial charge in [0.05, 0.1) is 13.0 Å². The standard InChI is InChI=1S/C17H21ClN2O4S/c1-24-17(23)14(7-8-25-2)19-16(22)11-9-15(21)20(10-11)13-5-3-12(18)4-6-13/h3-6,11,14H,7-10H2,1-2H3,(H,19,22)/t11-,14-/m1/s1. The fraction of sp³-hybridized carbons (Fsp3) is 0.471. The van der Waals surface area contributed by atoms with E-state index in [9.17, 15) is 14.4 Å². The summed E-state index contributed by atoms with van der Waals surface area (Å²) in [6.45, 7) is 0.280. The second-order valence-corrected chi connectivity index (χ2v) is 7.17. The van der Waals surface area contributed by atoms with Crippen molar-refractivity contribution in [2.24, 2.45) is 5.92 Å². The van der Waals surface area contributed by atoms with Crippen molar-refractivity contribution in [2.45, 2.75) is 18.9 Å². The highest BCUT2D eigenvalue weighted by Gasteiger charge is 2.36. The van der Waals surface area contributed by atoms with Crippen LogP contribution in [0.3, 0.4) is 0 Å². The van der Waals surface area contributed by atoms with Crippen molar-refractivity contribution in [3.05, 3.63) is 29.3 Å². The Morgan fingerprint density at radius 2 is 2.08 bits per heavy atom. The molecule has 0 saturated carbocycles. The minimum absolute atomic E-state index is 0.116. The lowest BCUT2D eigenvalue weighted by molar-refractivity contribution is -0.145. The molecule has 0 aliphatic carbocycles. The number of nitrogens with zero attached hydrogens (tertiary/aromatic N) is 1. The van der Waals surface area contributed by atoms with E-state index in [2.05, 4.69) is 5.32 Å². The van der Waals surface area contributed by atoms with Crippen molar-refractivity contribution in [1.82, 2.24) is 5.32 Å². The number of halogens is 1. The molecule has 1 aliphatic heterocycles. The van der Waals surface area contributed by atoms with Gasteiger partial charge in [-0.25, -0.2) is 4.79 Å². The number of hydrogen-bond donors (Lipinski definition) is 1. The van der Waals surface area contributed by atoms with Crippen molar-refractivity contribution in [2.75, 3.05) is 30.6 Å².